The van der Waals surface area contributed by atoms with Crippen LogP contribution >= 0.6 is 11.6 Å². The van der Waals surface area contributed by atoms with Crippen molar-refractivity contribution in [3.05, 3.63) is 76.3 Å². The fourth-order valence-corrected chi connectivity index (χ4v) is 2.28. The number of benzene rings is 2. The van der Waals surface area contributed by atoms with Gasteiger partial charge in [-0.05, 0) is 30.2 Å². The topological polar surface area (TPSA) is 55.4 Å². The van der Waals surface area contributed by atoms with Crippen molar-refractivity contribution in [1.29, 1.82) is 0 Å². The largest absolute Gasteiger partial charge is 0.445 e. The van der Waals surface area contributed by atoms with Gasteiger partial charge in [0.1, 0.15) is 6.61 Å². The van der Waals surface area contributed by atoms with E-state index in [-0.39, 0.29) is 12.4 Å². The number of nitrogens with one attached hydrogen (secondary N) is 1. The molecule has 0 unspecified atom stereocenters. The van der Waals surface area contributed by atoms with Gasteiger partial charge in [0.05, 0.1) is 5.02 Å². The van der Waals surface area contributed by atoms with Gasteiger partial charge in [-0.25, -0.2) is 4.79 Å². The maximum absolute atomic E-state index is 11.6. The number of Topliss-reactive ketones (excluding diaryl/α,β-unsaturated/α-hetero) is 1. The molecular formula is C19H18ClNO3. The molecule has 0 saturated carbocycles. The van der Waals surface area contributed by atoms with E-state index in [1.54, 1.807) is 30.4 Å². The molecule has 0 aromatic heterocycles. The SMILES string of the molecule is CC(=O)c1cc(C=CCNC(=O)OCc2ccccc2)ccc1Cl. The van der Waals surface area contributed by atoms with Crippen molar-refractivity contribution >= 4 is 29.6 Å². The van der Waals surface area contributed by atoms with Gasteiger partial charge in [0.2, 0.25) is 0 Å². The number of halogens is 1. The Kier molecular flexibility index (Phi) is 6.58. The maximum Gasteiger partial charge on any atom is 0.407 e. The van der Waals surface area contributed by atoms with E-state index in [1.165, 1.54) is 6.92 Å². The Bertz CT molecular complexity index is 742. The molecule has 0 atom stereocenters. The van der Waals surface area contributed by atoms with E-state index in [0.29, 0.717) is 17.1 Å². The van der Waals surface area contributed by atoms with E-state index in [9.17, 15) is 9.59 Å². The molecule has 4 nitrogen and oxygen atoms in total. The van der Waals surface area contributed by atoms with Gasteiger partial charge in [-0.15, -0.1) is 0 Å². The third-order valence-electron chi connectivity index (χ3n) is 3.26. The summed E-state index contributed by atoms with van der Waals surface area (Å²) in [6, 6.07) is 14.7. The van der Waals surface area contributed by atoms with E-state index < -0.39 is 6.09 Å². The van der Waals surface area contributed by atoms with Crippen molar-refractivity contribution in [1.82, 2.24) is 5.32 Å². The van der Waals surface area contributed by atoms with Crippen molar-refractivity contribution in [2.45, 2.75) is 13.5 Å². The van der Waals surface area contributed by atoms with Crippen LogP contribution in [-0.2, 0) is 11.3 Å². The highest BCUT2D eigenvalue weighted by Gasteiger charge is 2.05. The summed E-state index contributed by atoms with van der Waals surface area (Å²) >= 11 is 5.96. The van der Waals surface area contributed by atoms with Crippen LogP contribution in [0.2, 0.25) is 5.02 Å². The first-order chi connectivity index (χ1) is 11.6. The molecule has 0 spiro atoms. The van der Waals surface area contributed by atoms with Crippen molar-refractivity contribution < 1.29 is 14.3 Å². The van der Waals surface area contributed by atoms with Gasteiger partial charge in [-0.2, -0.15) is 0 Å². The van der Waals surface area contributed by atoms with Crippen molar-refractivity contribution in [2.24, 2.45) is 0 Å². The average molecular weight is 344 g/mol. The molecule has 0 radical (unpaired) electrons. The van der Waals surface area contributed by atoms with Gasteiger partial charge in [-0.1, -0.05) is 60.2 Å². The van der Waals surface area contributed by atoms with Gasteiger partial charge in [0.25, 0.3) is 0 Å². The number of rotatable bonds is 6. The fraction of sp³-hybridized carbons (Fsp3) is 0.158. The number of carbonyl (C=O) groups is 2. The highest BCUT2D eigenvalue weighted by atomic mass is 35.5. The van der Waals surface area contributed by atoms with Crippen LogP contribution < -0.4 is 5.32 Å². The average Bonchev–Trinajstić information content (AvgIpc) is 2.59. The highest BCUT2D eigenvalue weighted by molar-refractivity contribution is 6.33. The lowest BCUT2D eigenvalue weighted by atomic mass is 10.1. The van der Waals surface area contributed by atoms with Crippen LogP contribution in [0.15, 0.2) is 54.6 Å². The Balaban J connectivity index is 1.79. The van der Waals surface area contributed by atoms with E-state index in [0.717, 1.165) is 11.1 Å². The van der Waals surface area contributed by atoms with Crippen LogP contribution in [0.4, 0.5) is 4.79 Å². The molecule has 0 heterocycles. The molecule has 2 aromatic rings. The van der Waals surface area contributed by atoms with Gasteiger partial charge in [-0.3, -0.25) is 4.79 Å². The molecule has 1 N–H and O–H groups in total. The molecule has 124 valence electrons. The second-order valence-corrected chi connectivity index (χ2v) is 5.55. The highest BCUT2D eigenvalue weighted by Crippen LogP contribution is 2.18. The predicted octanol–water partition coefficient (Wildman–Crippen LogP) is 4.48. The molecule has 1 amide bonds. The normalized spacial score (nSPS) is 10.6. The molecule has 2 aromatic carbocycles. The van der Waals surface area contributed by atoms with Crippen LogP contribution in [0.1, 0.15) is 28.4 Å². The lowest BCUT2D eigenvalue weighted by molar-refractivity contribution is 0.101. The lowest BCUT2D eigenvalue weighted by Gasteiger charge is -2.05. The molecule has 2 rings (SSSR count). The zero-order valence-corrected chi connectivity index (χ0v) is 14.0. The van der Waals surface area contributed by atoms with Gasteiger partial charge in [0, 0.05) is 12.1 Å². The van der Waals surface area contributed by atoms with E-state index in [1.807, 2.05) is 30.3 Å². The first-order valence-electron chi connectivity index (χ1n) is 7.48. The summed E-state index contributed by atoms with van der Waals surface area (Å²) in [7, 11) is 0. The monoisotopic (exact) mass is 343 g/mol. The number of ether oxygens (including phenoxy) is 1. The summed E-state index contributed by atoms with van der Waals surface area (Å²) in [5.74, 6) is -0.0853. The van der Waals surface area contributed by atoms with Crippen LogP contribution in [-0.4, -0.2) is 18.4 Å². The third kappa shape index (κ3) is 5.56. The number of ketones is 1. The Morgan fingerprint density at radius 2 is 1.92 bits per heavy atom. The quantitative estimate of drug-likeness (QED) is 0.786. The zero-order valence-electron chi connectivity index (χ0n) is 13.3. The van der Waals surface area contributed by atoms with Gasteiger partial charge >= 0.3 is 6.09 Å². The van der Waals surface area contributed by atoms with Crippen LogP contribution in [0, 0.1) is 0 Å². The molecule has 0 aliphatic carbocycles. The van der Waals surface area contributed by atoms with Crippen molar-refractivity contribution in [2.75, 3.05) is 6.54 Å². The minimum absolute atomic E-state index is 0.0853. The molecule has 0 fully saturated rings. The Morgan fingerprint density at radius 1 is 1.17 bits per heavy atom. The Hall–Kier alpha value is -2.59. The molecule has 0 bridgehead atoms. The summed E-state index contributed by atoms with van der Waals surface area (Å²) in [5.41, 5.74) is 2.25. The molecule has 0 aliphatic heterocycles. The minimum atomic E-state index is -0.482. The lowest BCUT2D eigenvalue weighted by Crippen LogP contribution is -2.24. The minimum Gasteiger partial charge on any atom is -0.445 e. The number of hydrogen-bond acceptors (Lipinski definition) is 3. The van der Waals surface area contributed by atoms with Crippen LogP contribution in [0.3, 0.4) is 0 Å². The number of amides is 1. The van der Waals surface area contributed by atoms with E-state index in [4.69, 9.17) is 16.3 Å². The van der Waals surface area contributed by atoms with Crippen molar-refractivity contribution in [3.8, 4) is 0 Å². The van der Waals surface area contributed by atoms with Gasteiger partial charge in [0.15, 0.2) is 5.78 Å². The summed E-state index contributed by atoms with van der Waals surface area (Å²) in [4.78, 5) is 23.0. The van der Waals surface area contributed by atoms with Gasteiger partial charge < -0.3 is 10.1 Å². The predicted molar refractivity (Wildman–Crippen MR) is 95.1 cm³/mol. The Labute approximate surface area is 146 Å². The molecule has 0 saturated heterocycles. The summed E-state index contributed by atoms with van der Waals surface area (Å²) in [6.45, 7) is 2.03. The number of hydrogen-bond donors (Lipinski definition) is 1. The van der Waals surface area contributed by atoms with E-state index >= 15 is 0 Å². The number of carbonyl (C=O) groups excluding carboxylic acids is 2. The standard InChI is InChI=1S/C19H18ClNO3/c1-14(22)17-12-15(9-10-18(17)20)8-5-11-21-19(23)24-13-16-6-3-2-4-7-16/h2-10,12H,11,13H2,1H3,(H,21,23). The second-order valence-electron chi connectivity index (χ2n) is 5.14. The molecular weight excluding hydrogens is 326 g/mol. The fourth-order valence-electron chi connectivity index (χ4n) is 2.03. The third-order valence-corrected chi connectivity index (χ3v) is 3.59. The van der Waals surface area contributed by atoms with Crippen LogP contribution in [0.25, 0.3) is 6.08 Å². The summed E-state index contributed by atoms with van der Waals surface area (Å²) in [5, 5.41) is 3.06. The molecule has 0 aliphatic rings. The molecule has 5 heteroatoms. The van der Waals surface area contributed by atoms with Crippen molar-refractivity contribution in [3.63, 3.8) is 0 Å². The second kappa shape index (κ2) is 8.89. The summed E-state index contributed by atoms with van der Waals surface area (Å²) < 4.78 is 5.10. The first-order valence-corrected chi connectivity index (χ1v) is 7.85. The zero-order chi connectivity index (χ0) is 17.4. The Morgan fingerprint density at radius 3 is 2.62 bits per heavy atom. The first kappa shape index (κ1) is 17.8. The smallest absolute Gasteiger partial charge is 0.407 e. The maximum atomic E-state index is 11.6. The molecule has 24 heavy (non-hydrogen) atoms. The number of alkyl carbamates (subject to hydrolysis) is 1. The summed E-state index contributed by atoms with van der Waals surface area (Å²) in [6.07, 6.45) is 3.10. The van der Waals surface area contributed by atoms with E-state index in [2.05, 4.69) is 5.32 Å². The van der Waals surface area contributed by atoms with Crippen LogP contribution in [0.5, 0.6) is 0 Å².